The lowest BCUT2D eigenvalue weighted by molar-refractivity contribution is 0.0428. The molecule has 0 aliphatic heterocycles. The van der Waals surface area contributed by atoms with Crippen LogP contribution in [0, 0.1) is 11.6 Å². The first-order chi connectivity index (χ1) is 12.1. The lowest BCUT2D eigenvalue weighted by Crippen LogP contribution is -2.05. The Morgan fingerprint density at radius 2 is 1.68 bits per heavy atom. The Balaban J connectivity index is 1.54. The first kappa shape index (κ1) is 16.7. The van der Waals surface area contributed by atoms with Crippen molar-refractivity contribution in [1.82, 2.24) is 0 Å². The predicted octanol–water partition coefficient (Wildman–Crippen LogP) is 4.49. The zero-order valence-corrected chi connectivity index (χ0v) is 13.1. The smallest absolute Gasteiger partial charge is 0.374 e. The molecule has 128 valence electrons. The molecule has 0 unspecified atom stereocenters. The van der Waals surface area contributed by atoms with Crippen molar-refractivity contribution in [2.75, 3.05) is 0 Å². The van der Waals surface area contributed by atoms with Crippen LogP contribution in [0.4, 0.5) is 8.78 Å². The summed E-state index contributed by atoms with van der Waals surface area (Å²) in [7, 11) is 0. The van der Waals surface area contributed by atoms with Gasteiger partial charge in [0.05, 0.1) is 0 Å². The number of esters is 1. The number of halogens is 2. The summed E-state index contributed by atoms with van der Waals surface area (Å²) in [4.78, 5) is 11.9. The molecule has 0 atom stereocenters. The second-order valence-corrected chi connectivity index (χ2v) is 5.18. The third kappa shape index (κ3) is 4.44. The molecule has 0 saturated heterocycles. The van der Waals surface area contributed by atoms with Gasteiger partial charge in [-0.2, -0.15) is 0 Å². The minimum atomic E-state index is -0.698. The van der Waals surface area contributed by atoms with Crippen LogP contribution in [-0.2, 0) is 18.0 Å². The SMILES string of the molecule is O=C(OCc1ccccc1F)c1ccc(COc2ccc(F)cc2)o1. The van der Waals surface area contributed by atoms with E-state index in [1.54, 1.807) is 18.2 Å². The number of hydrogen-bond acceptors (Lipinski definition) is 4. The summed E-state index contributed by atoms with van der Waals surface area (Å²) >= 11 is 0. The third-order valence-electron chi connectivity index (χ3n) is 3.37. The van der Waals surface area contributed by atoms with Gasteiger partial charge in [0.25, 0.3) is 0 Å². The van der Waals surface area contributed by atoms with Gasteiger partial charge in [-0.3, -0.25) is 0 Å². The van der Waals surface area contributed by atoms with E-state index in [0.717, 1.165) is 0 Å². The molecule has 0 amide bonds. The fourth-order valence-electron chi connectivity index (χ4n) is 2.08. The monoisotopic (exact) mass is 344 g/mol. The maximum absolute atomic E-state index is 13.5. The summed E-state index contributed by atoms with van der Waals surface area (Å²) in [5, 5.41) is 0. The Hall–Kier alpha value is -3.15. The number of rotatable bonds is 6. The number of carbonyl (C=O) groups is 1. The molecular formula is C19H14F2O4. The molecule has 2 aromatic carbocycles. The van der Waals surface area contributed by atoms with E-state index in [4.69, 9.17) is 13.9 Å². The number of furan rings is 1. The Morgan fingerprint density at radius 3 is 2.44 bits per heavy atom. The standard InChI is InChI=1S/C19H14F2O4/c20-14-5-7-15(8-6-14)23-12-16-9-10-18(25-16)19(22)24-11-13-3-1-2-4-17(13)21/h1-10H,11-12H2. The first-order valence-corrected chi connectivity index (χ1v) is 7.49. The second kappa shape index (κ2) is 7.61. The van der Waals surface area contributed by atoms with Gasteiger partial charge in [0, 0.05) is 5.56 Å². The molecule has 6 heteroatoms. The highest BCUT2D eigenvalue weighted by Gasteiger charge is 2.14. The van der Waals surface area contributed by atoms with Crippen LogP contribution in [-0.4, -0.2) is 5.97 Å². The van der Waals surface area contributed by atoms with Crippen molar-refractivity contribution < 1.29 is 27.5 Å². The summed E-state index contributed by atoms with van der Waals surface area (Å²) in [5.74, 6) is -0.623. The van der Waals surface area contributed by atoms with Crippen molar-refractivity contribution in [3.63, 3.8) is 0 Å². The molecule has 0 spiro atoms. The van der Waals surface area contributed by atoms with Gasteiger partial charge in [0.15, 0.2) is 0 Å². The van der Waals surface area contributed by atoms with Crippen molar-refractivity contribution in [1.29, 1.82) is 0 Å². The molecule has 0 radical (unpaired) electrons. The van der Waals surface area contributed by atoms with E-state index in [9.17, 15) is 13.6 Å². The van der Waals surface area contributed by atoms with E-state index in [1.165, 1.54) is 42.5 Å². The van der Waals surface area contributed by atoms with Crippen molar-refractivity contribution in [2.45, 2.75) is 13.2 Å². The van der Waals surface area contributed by atoms with Crippen molar-refractivity contribution in [2.24, 2.45) is 0 Å². The minimum Gasteiger partial charge on any atom is -0.486 e. The Kier molecular flexibility index (Phi) is 5.09. The van der Waals surface area contributed by atoms with Crippen molar-refractivity contribution >= 4 is 5.97 Å². The summed E-state index contributed by atoms with van der Waals surface area (Å²) in [6, 6.07) is 14.6. The maximum Gasteiger partial charge on any atom is 0.374 e. The van der Waals surface area contributed by atoms with E-state index in [2.05, 4.69) is 0 Å². The van der Waals surface area contributed by atoms with Crippen LogP contribution >= 0.6 is 0 Å². The van der Waals surface area contributed by atoms with Gasteiger partial charge in [0.2, 0.25) is 5.76 Å². The largest absolute Gasteiger partial charge is 0.486 e. The first-order valence-electron chi connectivity index (χ1n) is 7.49. The third-order valence-corrected chi connectivity index (χ3v) is 3.37. The Labute approximate surface area is 142 Å². The van der Waals surface area contributed by atoms with Gasteiger partial charge in [-0.05, 0) is 42.5 Å². The maximum atomic E-state index is 13.5. The molecule has 3 aromatic rings. The molecule has 1 heterocycles. The molecule has 0 aliphatic carbocycles. The highest BCUT2D eigenvalue weighted by molar-refractivity contribution is 5.86. The molecule has 0 fully saturated rings. The van der Waals surface area contributed by atoms with Gasteiger partial charge in [-0.1, -0.05) is 18.2 Å². The molecule has 0 bridgehead atoms. The van der Waals surface area contributed by atoms with Crippen LogP contribution in [0.3, 0.4) is 0 Å². The second-order valence-electron chi connectivity index (χ2n) is 5.18. The normalized spacial score (nSPS) is 10.5. The molecule has 4 nitrogen and oxygen atoms in total. The Bertz CT molecular complexity index is 856. The molecule has 25 heavy (non-hydrogen) atoms. The fraction of sp³-hybridized carbons (Fsp3) is 0.105. The quantitative estimate of drug-likeness (QED) is 0.618. The predicted molar refractivity (Wildman–Crippen MR) is 85.0 cm³/mol. The Morgan fingerprint density at radius 1 is 0.920 bits per heavy atom. The lowest BCUT2D eigenvalue weighted by atomic mass is 10.2. The summed E-state index contributed by atoms with van der Waals surface area (Å²) in [5.41, 5.74) is 0.280. The average Bonchev–Trinajstić information content (AvgIpc) is 3.09. The van der Waals surface area contributed by atoms with E-state index >= 15 is 0 Å². The number of ether oxygens (including phenoxy) is 2. The van der Waals surface area contributed by atoms with Crippen LogP contribution in [0.1, 0.15) is 21.9 Å². The van der Waals surface area contributed by atoms with E-state index in [0.29, 0.717) is 11.5 Å². The van der Waals surface area contributed by atoms with Crippen molar-refractivity contribution in [3.8, 4) is 5.75 Å². The van der Waals surface area contributed by atoms with Crippen LogP contribution in [0.5, 0.6) is 5.75 Å². The summed E-state index contributed by atoms with van der Waals surface area (Å²) < 4.78 is 42.1. The summed E-state index contributed by atoms with van der Waals surface area (Å²) in [6.07, 6.45) is 0. The van der Waals surface area contributed by atoms with Crippen molar-refractivity contribution in [3.05, 3.63) is 89.4 Å². The summed E-state index contributed by atoms with van der Waals surface area (Å²) in [6.45, 7) is -0.111. The number of carbonyl (C=O) groups excluding carboxylic acids is 1. The van der Waals surface area contributed by atoms with Gasteiger partial charge in [-0.25, -0.2) is 13.6 Å². The van der Waals surface area contributed by atoms with Crippen LogP contribution < -0.4 is 4.74 Å². The van der Waals surface area contributed by atoms with Gasteiger partial charge < -0.3 is 13.9 Å². The average molecular weight is 344 g/mol. The van der Waals surface area contributed by atoms with Crippen LogP contribution in [0.2, 0.25) is 0 Å². The molecule has 3 rings (SSSR count). The lowest BCUT2D eigenvalue weighted by Gasteiger charge is -2.05. The van der Waals surface area contributed by atoms with E-state index < -0.39 is 11.8 Å². The number of hydrogen-bond donors (Lipinski definition) is 0. The molecular weight excluding hydrogens is 330 g/mol. The molecule has 0 aliphatic rings. The van der Waals surface area contributed by atoms with Crippen LogP contribution in [0.15, 0.2) is 65.1 Å². The zero-order chi connectivity index (χ0) is 17.6. The van der Waals surface area contributed by atoms with Crippen LogP contribution in [0.25, 0.3) is 0 Å². The van der Waals surface area contributed by atoms with Gasteiger partial charge in [0.1, 0.15) is 36.4 Å². The van der Waals surface area contributed by atoms with E-state index in [-0.39, 0.29) is 30.4 Å². The highest BCUT2D eigenvalue weighted by Crippen LogP contribution is 2.16. The topological polar surface area (TPSA) is 48.7 Å². The highest BCUT2D eigenvalue weighted by atomic mass is 19.1. The molecule has 1 aromatic heterocycles. The fourth-order valence-corrected chi connectivity index (χ4v) is 2.08. The molecule has 0 saturated carbocycles. The van der Waals surface area contributed by atoms with Gasteiger partial charge >= 0.3 is 5.97 Å². The van der Waals surface area contributed by atoms with E-state index in [1.807, 2.05) is 0 Å². The zero-order valence-electron chi connectivity index (χ0n) is 13.1. The minimum absolute atomic E-state index is 0.00551. The molecule has 0 N–H and O–H groups in total. The number of benzene rings is 2. The van der Waals surface area contributed by atoms with Gasteiger partial charge in [-0.15, -0.1) is 0 Å².